The molecule has 262 valence electrons. The molecule has 11 rings (SSSR count). The Morgan fingerprint density at radius 3 is 1.55 bits per heavy atom. The summed E-state index contributed by atoms with van der Waals surface area (Å²) in [6.45, 7) is 0. The van der Waals surface area contributed by atoms with Gasteiger partial charge in [-0.15, -0.1) is 0 Å². The Labute approximate surface area is 325 Å². The van der Waals surface area contributed by atoms with Crippen LogP contribution in [0.4, 0.5) is 17.1 Å². The molecule has 0 spiro atoms. The molecule has 1 heterocycles. The molecule has 0 amide bonds. The Morgan fingerprint density at radius 1 is 0.304 bits per heavy atom. The van der Waals surface area contributed by atoms with Crippen molar-refractivity contribution >= 4 is 71.3 Å². The minimum absolute atomic E-state index is 0.895. The molecule has 1 aromatic heterocycles. The first-order valence-corrected chi connectivity index (χ1v) is 19.2. The maximum atomic E-state index is 6.63. The zero-order chi connectivity index (χ0) is 37.0. The fourth-order valence-corrected chi connectivity index (χ4v) is 8.68. The number of furan rings is 1. The summed E-state index contributed by atoms with van der Waals surface area (Å²) in [6, 6.07) is 76.4. The van der Waals surface area contributed by atoms with E-state index in [1.807, 2.05) is 0 Å². The second kappa shape index (κ2) is 13.2. The van der Waals surface area contributed by atoms with Gasteiger partial charge in [0.05, 0.1) is 11.4 Å². The molecule has 0 aliphatic rings. The van der Waals surface area contributed by atoms with Crippen LogP contribution in [0, 0.1) is 0 Å². The van der Waals surface area contributed by atoms with Gasteiger partial charge in [0.1, 0.15) is 11.2 Å². The summed E-state index contributed by atoms with van der Waals surface area (Å²) in [4.78, 5) is 2.44. The van der Waals surface area contributed by atoms with Crippen molar-refractivity contribution in [3.8, 4) is 33.4 Å². The number of hydrogen-bond acceptors (Lipinski definition) is 2. The van der Waals surface area contributed by atoms with Crippen LogP contribution in [0.3, 0.4) is 0 Å². The highest BCUT2D eigenvalue weighted by Crippen LogP contribution is 2.47. The Hall–Kier alpha value is -7.42. The Morgan fingerprint density at radius 2 is 0.857 bits per heavy atom. The van der Waals surface area contributed by atoms with E-state index in [9.17, 15) is 0 Å². The van der Waals surface area contributed by atoms with Crippen LogP contribution in [0.25, 0.3) is 87.6 Å². The van der Waals surface area contributed by atoms with Gasteiger partial charge >= 0.3 is 0 Å². The van der Waals surface area contributed by atoms with Crippen LogP contribution in [0.1, 0.15) is 0 Å². The van der Waals surface area contributed by atoms with E-state index in [4.69, 9.17) is 4.42 Å². The highest BCUT2D eigenvalue weighted by Gasteiger charge is 2.22. The molecule has 10 aromatic carbocycles. The van der Waals surface area contributed by atoms with E-state index in [1.165, 1.54) is 54.7 Å². The molecule has 0 saturated heterocycles. The third-order valence-electron chi connectivity index (χ3n) is 11.3. The van der Waals surface area contributed by atoms with Crippen LogP contribution >= 0.6 is 0 Å². The minimum Gasteiger partial charge on any atom is -0.455 e. The lowest BCUT2D eigenvalue weighted by atomic mass is 9.92. The topological polar surface area (TPSA) is 16.4 Å². The molecule has 2 heteroatoms. The summed E-state index contributed by atoms with van der Waals surface area (Å²) < 4.78 is 6.63. The summed E-state index contributed by atoms with van der Waals surface area (Å²) in [7, 11) is 0. The number of anilines is 3. The first-order chi connectivity index (χ1) is 27.8. The van der Waals surface area contributed by atoms with Crippen molar-refractivity contribution in [1.29, 1.82) is 0 Å². The van der Waals surface area contributed by atoms with E-state index in [2.05, 4.69) is 217 Å². The Bertz CT molecular complexity index is 3230. The fourth-order valence-electron chi connectivity index (χ4n) is 8.68. The summed E-state index contributed by atoms with van der Waals surface area (Å²) in [6.07, 6.45) is 0. The first kappa shape index (κ1) is 32.0. The number of hydrogen-bond donors (Lipinski definition) is 0. The molecular weight excluding hydrogens is 679 g/mol. The van der Waals surface area contributed by atoms with Crippen molar-refractivity contribution < 1.29 is 4.42 Å². The summed E-state index contributed by atoms with van der Waals surface area (Å²) >= 11 is 0. The van der Waals surface area contributed by atoms with Crippen molar-refractivity contribution in [2.24, 2.45) is 0 Å². The van der Waals surface area contributed by atoms with E-state index in [1.54, 1.807) is 0 Å². The van der Waals surface area contributed by atoms with E-state index in [-0.39, 0.29) is 0 Å². The van der Waals surface area contributed by atoms with E-state index in [0.717, 1.165) is 50.0 Å². The number of fused-ring (bicyclic) bond motifs is 7. The monoisotopic (exact) mass is 713 g/mol. The average Bonchev–Trinajstić information content (AvgIpc) is 3.67. The molecule has 0 saturated carbocycles. The van der Waals surface area contributed by atoms with Crippen LogP contribution in [0.15, 0.2) is 217 Å². The predicted octanol–water partition coefficient (Wildman–Crippen LogP) is 15.5. The zero-order valence-corrected chi connectivity index (χ0v) is 30.6. The first-order valence-electron chi connectivity index (χ1n) is 19.2. The van der Waals surface area contributed by atoms with Gasteiger partial charge in [-0.2, -0.15) is 0 Å². The zero-order valence-electron chi connectivity index (χ0n) is 30.6. The van der Waals surface area contributed by atoms with Crippen LogP contribution in [-0.4, -0.2) is 0 Å². The molecule has 0 radical (unpaired) electrons. The third kappa shape index (κ3) is 5.19. The van der Waals surface area contributed by atoms with Gasteiger partial charge in [-0.05, 0) is 85.9 Å². The predicted molar refractivity (Wildman–Crippen MR) is 237 cm³/mol. The van der Waals surface area contributed by atoms with Gasteiger partial charge in [-0.1, -0.05) is 176 Å². The number of nitrogens with zero attached hydrogens (tertiary/aromatic N) is 1. The van der Waals surface area contributed by atoms with Crippen LogP contribution in [-0.2, 0) is 0 Å². The van der Waals surface area contributed by atoms with Gasteiger partial charge in [0.2, 0.25) is 0 Å². The maximum absolute atomic E-state index is 6.63. The molecule has 0 N–H and O–H groups in total. The van der Waals surface area contributed by atoms with E-state index >= 15 is 0 Å². The van der Waals surface area contributed by atoms with E-state index < -0.39 is 0 Å². The summed E-state index contributed by atoms with van der Waals surface area (Å²) in [5.41, 5.74) is 12.3. The molecule has 11 aromatic rings. The normalized spacial score (nSPS) is 11.6. The lowest BCUT2D eigenvalue weighted by molar-refractivity contribution is 0.673. The van der Waals surface area contributed by atoms with Crippen molar-refractivity contribution in [2.45, 2.75) is 0 Å². The second-order valence-corrected chi connectivity index (χ2v) is 14.4. The quantitative estimate of drug-likeness (QED) is 0.171. The Kier molecular flexibility index (Phi) is 7.53. The highest BCUT2D eigenvalue weighted by atomic mass is 16.3. The van der Waals surface area contributed by atoms with Gasteiger partial charge in [0.15, 0.2) is 0 Å². The van der Waals surface area contributed by atoms with Gasteiger partial charge in [0.25, 0.3) is 0 Å². The van der Waals surface area contributed by atoms with Gasteiger partial charge in [-0.3, -0.25) is 0 Å². The Balaban J connectivity index is 1.15. The molecular formula is C54H35NO. The molecule has 2 nitrogen and oxygen atoms in total. The molecule has 56 heavy (non-hydrogen) atoms. The largest absolute Gasteiger partial charge is 0.455 e. The molecule has 0 unspecified atom stereocenters. The van der Waals surface area contributed by atoms with E-state index in [0.29, 0.717) is 0 Å². The van der Waals surface area contributed by atoms with Crippen molar-refractivity contribution in [3.63, 3.8) is 0 Å². The average molecular weight is 714 g/mol. The van der Waals surface area contributed by atoms with Gasteiger partial charge in [0, 0.05) is 32.6 Å². The van der Waals surface area contributed by atoms with Gasteiger partial charge < -0.3 is 9.32 Å². The summed E-state index contributed by atoms with van der Waals surface area (Å²) in [5.74, 6) is 0. The van der Waals surface area contributed by atoms with Crippen molar-refractivity contribution in [1.82, 2.24) is 0 Å². The van der Waals surface area contributed by atoms with Crippen LogP contribution in [0.2, 0.25) is 0 Å². The third-order valence-corrected chi connectivity index (χ3v) is 11.3. The molecule has 0 aliphatic carbocycles. The second-order valence-electron chi connectivity index (χ2n) is 14.4. The molecule has 0 aliphatic heterocycles. The smallest absolute Gasteiger partial charge is 0.143 e. The molecule has 0 fully saturated rings. The lowest BCUT2D eigenvalue weighted by Gasteiger charge is -2.29. The SMILES string of the molecule is c1ccc(-c2ccc(N(c3ccc(-c4ccccc4)c4ccccc34)c3ccc(-c4cccc5oc6c7ccccc7ccc6c45)c4ccccc34)cc2)cc1. The lowest BCUT2D eigenvalue weighted by Crippen LogP contribution is -2.11. The highest BCUT2D eigenvalue weighted by molar-refractivity contribution is 6.21. The standard InChI is InChI=1S/C54H35NO/c1-3-14-36(15-4-1)37-26-29-40(30-27-37)55(50-34-32-41(38-16-5-2-6-17-38)43-20-9-11-22-46(43)50)51-35-33-45(44-21-10-12-23-47(44)51)48-24-13-25-52-53(48)49-31-28-39-18-7-8-19-42(39)54(49)56-52/h1-35H. The number of rotatable bonds is 6. The maximum Gasteiger partial charge on any atom is 0.143 e. The van der Waals surface area contributed by atoms with Gasteiger partial charge in [-0.25, -0.2) is 0 Å². The van der Waals surface area contributed by atoms with Crippen molar-refractivity contribution in [2.75, 3.05) is 4.90 Å². The molecule has 0 atom stereocenters. The minimum atomic E-state index is 0.895. The van der Waals surface area contributed by atoms with Crippen molar-refractivity contribution in [3.05, 3.63) is 212 Å². The van der Waals surface area contributed by atoms with Crippen LogP contribution in [0.5, 0.6) is 0 Å². The fraction of sp³-hybridized carbons (Fsp3) is 0. The van der Waals surface area contributed by atoms with Crippen LogP contribution < -0.4 is 4.90 Å². The summed E-state index contributed by atoms with van der Waals surface area (Å²) in [5, 5.41) is 9.34. The number of benzene rings is 10. The molecule has 0 bridgehead atoms.